The van der Waals surface area contributed by atoms with E-state index in [0.717, 1.165) is 10.5 Å². The molecule has 0 aliphatic rings. The second-order valence-corrected chi connectivity index (χ2v) is 5.42. The predicted molar refractivity (Wildman–Crippen MR) is 88.0 cm³/mol. The van der Waals surface area contributed by atoms with E-state index in [1.54, 1.807) is 42.5 Å². The number of hydrogen-bond acceptors (Lipinski definition) is 2. The van der Waals surface area contributed by atoms with E-state index in [-0.39, 0.29) is 0 Å². The van der Waals surface area contributed by atoms with Gasteiger partial charge in [0.1, 0.15) is 0 Å². The van der Waals surface area contributed by atoms with Crippen LogP contribution >= 0.6 is 23.4 Å². The summed E-state index contributed by atoms with van der Waals surface area (Å²) in [7, 11) is 0. The Labute approximate surface area is 128 Å². The van der Waals surface area contributed by atoms with E-state index >= 15 is 0 Å². The Morgan fingerprint density at radius 2 is 2.20 bits per heavy atom. The van der Waals surface area contributed by atoms with Crippen LogP contribution in [-0.4, -0.2) is 16.8 Å². The molecule has 0 fully saturated rings. The predicted octanol–water partition coefficient (Wildman–Crippen LogP) is 4.80. The fourth-order valence-electron chi connectivity index (χ4n) is 1.36. The van der Waals surface area contributed by atoms with Gasteiger partial charge in [0.15, 0.2) is 0 Å². The lowest BCUT2D eigenvalue weighted by molar-refractivity contribution is -0.132. The summed E-state index contributed by atoms with van der Waals surface area (Å²) in [5, 5.41) is 9.79. The van der Waals surface area contributed by atoms with Gasteiger partial charge in [-0.1, -0.05) is 49.0 Å². The normalized spacial score (nSPS) is 11.6. The molecule has 1 rings (SSSR count). The maximum atomic E-state index is 11.2. The van der Waals surface area contributed by atoms with E-state index in [0.29, 0.717) is 16.3 Å². The average molecular weight is 307 g/mol. The SMILES string of the molecule is C=C/C=C\C(=C)SC/C(=C\c1cccc(Cl)c1)C(=O)O. The molecule has 1 aromatic carbocycles. The first kappa shape index (κ1) is 16.3. The van der Waals surface area contributed by atoms with Crippen molar-refractivity contribution in [3.05, 3.63) is 76.7 Å². The van der Waals surface area contributed by atoms with E-state index in [1.165, 1.54) is 11.8 Å². The molecule has 0 bridgehead atoms. The highest BCUT2D eigenvalue weighted by molar-refractivity contribution is 8.03. The number of hydrogen-bond donors (Lipinski definition) is 1. The highest BCUT2D eigenvalue weighted by Crippen LogP contribution is 2.21. The van der Waals surface area contributed by atoms with Gasteiger partial charge in [0.2, 0.25) is 0 Å². The van der Waals surface area contributed by atoms with E-state index in [9.17, 15) is 9.90 Å². The summed E-state index contributed by atoms with van der Waals surface area (Å²) in [6.07, 6.45) is 6.81. The maximum absolute atomic E-state index is 11.2. The largest absolute Gasteiger partial charge is 0.478 e. The third kappa shape index (κ3) is 5.95. The fraction of sp³-hybridized carbons (Fsp3) is 0.0625. The minimum atomic E-state index is -0.946. The van der Waals surface area contributed by atoms with Gasteiger partial charge >= 0.3 is 5.97 Å². The van der Waals surface area contributed by atoms with Crippen LogP contribution in [0.4, 0.5) is 0 Å². The molecule has 2 nitrogen and oxygen atoms in total. The van der Waals surface area contributed by atoms with Gasteiger partial charge in [-0.2, -0.15) is 0 Å². The van der Waals surface area contributed by atoms with Crippen molar-refractivity contribution in [2.75, 3.05) is 5.75 Å². The summed E-state index contributed by atoms with van der Waals surface area (Å²) in [5.41, 5.74) is 1.06. The molecule has 0 atom stereocenters. The molecular weight excluding hydrogens is 292 g/mol. The van der Waals surface area contributed by atoms with E-state index < -0.39 is 5.97 Å². The number of carbonyl (C=O) groups is 1. The molecule has 0 aliphatic carbocycles. The Kier molecular flexibility index (Phi) is 6.91. The monoisotopic (exact) mass is 306 g/mol. The summed E-state index contributed by atoms with van der Waals surface area (Å²) in [6, 6.07) is 7.07. The number of carboxylic acids is 1. The molecule has 0 heterocycles. The standard InChI is InChI=1S/C16H15ClO2S/c1-3-4-6-12(2)20-11-14(16(18)19)9-13-7-5-8-15(17)10-13/h3-10H,1-2,11H2,(H,18,19)/b6-4-,14-9+. The van der Waals surface area contributed by atoms with E-state index in [4.69, 9.17) is 11.6 Å². The minimum absolute atomic E-state index is 0.297. The highest BCUT2D eigenvalue weighted by Gasteiger charge is 2.08. The molecule has 1 aromatic rings. The van der Waals surface area contributed by atoms with Crippen LogP contribution in [0, 0.1) is 0 Å². The van der Waals surface area contributed by atoms with Crippen molar-refractivity contribution in [3.63, 3.8) is 0 Å². The molecule has 0 saturated heterocycles. The first-order chi connectivity index (χ1) is 9.52. The molecule has 4 heteroatoms. The molecule has 20 heavy (non-hydrogen) atoms. The van der Waals surface area contributed by atoms with Gasteiger partial charge in [-0.25, -0.2) is 4.79 Å². The topological polar surface area (TPSA) is 37.3 Å². The van der Waals surface area contributed by atoms with Crippen LogP contribution in [0.5, 0.6) is 0 Å². The van der Waals surface area contributed by atoms with Gasteiger partial charge in [-0.05, 0) is 29.8 Å². The Morgan fingerprint density at radius 1 is 1.45 bits per heavy atom. The smallest absolute Gasteiger partial charge is 0.332 e. The number of allylic oxidation sites excluding steroid dienone is 3. The zero-order valence-electron chi connectivity index (χ0n) is 10.9. The molecule has 1 N–H and O–H groups in total. The zero-order chi connectivity index (χ0) is 15.0. The third-order valence-electron chi connectivity index (χ3n) is 2.30. The van der Waals surface area contributed by atoms with Crippen molar-refractivity contribution < 1.29 is 9.90 Å². The number of halogens is 1. The van der Waals surface area contributed by atoms with Gasteiger partial charge in [-0.15, -0.1) is 11.8 Å². The summed E-state index contributed by atoms with van der Waals surface area (Å²) in [5.74, 6) is -0.611. The lowest BCUT2D eigenvalue weighted by Gasteiger charge is -2.03. The third-order valence-corrected chi connectivity index (χ3v) is 3.49. The van der Waals surface area contributed by atoms with Gasteiger partial charge < -0.3 is 5.11 Å². The molecule has 0 spiro atoms. The van der Waals surface area contributed by atoms with Crippen molar-refractivity contribution >= 4 is 35.4 Å². The molecule has 0 unspecified atom stereocenters. The lowest BCUT2D eigenvalue weighted by Crippen LogP contribution is -2.03. The van der Waals surface area contributed by atoms with Crippen LogP contribution in [0.2, 0.25) is 5.02 Å². The molecule has 0 amide bonds. The average Bonchev–Trinajstić information content (AvgIpc) is 2.40. The highest BCUT2D eigenvalue weighted by atomic mass is 35.5. The van der Waals surface area contributed by atoms with Gasteiger partial charge in [0.05, 0.1) is 0 Å². The van der Waals surface area contributed by atoms with Crippen LogP contribution in [0.1, 0.15) is 5.56 Å². The number of carboxylic acid groups (broad SMARTS) is 1. The Bertz CT molecular complexity index is 574. The van der Waals surface area contributed by atoms with E-state index in [2.05, 4.69) is 13.2 Å². The molecule has 104 valence electrons. The van der Waals surface area contributed by atoms with Crippen molar-refractivity contribution in [2.45, 2.75) is 0 Å². The maximum Gasteiger partial charge on any atom is 0.332 e. The zero-order valence-corrected chi connectivity index (χ0v) is 12.5. The second-order valence-electron chi connectivity index (χ2n) is 3.88. The summed E-state index contributed by atoms with van der Waals surface area (Å²) in [4.78, 5) is 12.0. The van der Waals surface area contributed by atoms with Gasteiger partial charge in [0, 0.05) is 21.3 Å². The molecular formula is C16H15ClO2S. The van der Waals surface area contributed by atoms with Crippen molar-refractivity contribution in [3.8, 4) is 0 Å². The summed E-state index contributed by atoms with van der Waals surface area (Å²) < 4.78 is 0. The number of thioether (sulfide) groups is 1. The Balaban J connectivity index is 2.79. The molecule has 0 radical (unpaired) electrons. The van der Waals surface area contributed by atoms with Crippen LogP contribution in [-0.2, 0) is 4.79 Å². The first-order valence-corrected chi connectivity index (χ1v) is 7.19. The van der Waals surface area contributed by atoms with Gasteiger partial charge in [0.25, 0.3) is 0 Å². The quantitative estimate of drug-likeness (QED) is 0.581. The lowest BCUT2D eigenvalue weighted by atomic mass is 10.1. The van der Waals surface area contributed by atoms with E-state index in [1.807, 2.05) is 6.07 Å². The second kappa shape index (κ2) is 8.46. The Morgan fingerprint density at radius 3 is 2.80 bits per heavy atom. The Hall–Kier alpha value is -1.71. The number of benzene rings is 1. The molecule has 0 aromatic heterocycles. The van der Waals surface area contributed by atoms with Crippen LogP contribution in [0.15, 0.2) is 66.1 Å². The van der Waals surface area contributed by atoms with Crippen LogP contribution in [0.25, 0.3) is 6.08 Å². The fourth-order valence-corrected chi connectivity index (χ4v) is 2.28. The van der Waals surface area contributed by atoms with Gasteiger partial charge in [-0.3, -0.25) is 0 Å². The number of rotatable bonds is 7. The summed E-state index contributed by atoms with van der Waals surface area (Å²) in [6.45, 7) is 7.40. The van der Waals surface area contributed by atoms with Crippen molar-refractivity contribution in [1.29, 1.82) is 0 Å². The molecule has 0 saturated carbocycles. The van der Waals surface area contributed by atoms with Crippen molar-refractivity contribution in [1.82, 2.24) is 0 Å². The van der Waals surface area contributed by atoms with Crippen molar-refractivity contribution in [2.24, 2.45) is 0 Å². The summed E-state index contributed by atoms with van der Waals surface area (Å²) >= 11 is 7.24. The molecule has 0 aliphatic heterocycles. The van der Waals surface area contributed by atoms with Crippen LogP contribution in [0.3, 0.4) is 0 Å². The first-order valence-electron chi connectivity index (χ1n) is 5.83. The number of aliphatic carboxylic acids is 1. The van der Waals surface area contributed by atoms with Crippen LogP contribution < -0.4 is 0 Å². The minimum Gasteiger partial charge on any atom is -0.478 e.